The Kier molecular flexibility index (Phi) is 7.48. The highest BCUT2D eigenvalue weighted by molar-refractivity contribution is 6.00. The van der Waals surface area contributed by atoms with Crippen LogP contribution in [-0.4, -0.2) is 57.1 Å². The van der Waals surface area contributed by atoms with Gasteiger partial charge in [-0.15, -0.1) is 0 Å². The van der Waals surface area contributed by atoms with Gasteiger partial charge in [0.1, 0.15) is 19.3 Å². The standard InChI is InChI=1S/C23H21F3N8O3/c1-27-20-19-21(29-12-28-20)34(13-30-19)17-6-4-15(5-7-17)32-22(36)33-16-3-2-14(11-31-37-9-8-35)18(10-16)23(24,25)26/h2-7,10-13,35H,8-9H2,1H3,(H,27,28,29)(H2,32,33,36). The molecule has 4 rings (SSSR count). The van der Waals surface area contributed by atoms with Crippen LogP contribution < -0.4 is 16.0 Å². The van der Waals surface area contributed by atoms with Crippen LogP contribution in [0.4, 0.5) is 35.2 Å². The third kappa shape index (κ3) is 5.92. The van der Waals surface area contributed by atoms with Gasteiger partial charge in [0.2, 0.25) is 0 Å². The Labute approximate surface area is 208 Å². The number of aliphatic hydroxyl groups is 1. The fraction of sp³-hybridized carbons (Fsp3) is 0.174. The third-order valence-electron chi connectivity index (χ3n) is 5.04. The molecule has 0 radical (unpaired) electrons. The summed E-state index contributed by atoms with van der Waals surface area (Å²) in [6, 6.07) is 9.24. The minimum absolute atomic E-state index is 0.0696. The van der Waals surface area contributed by atoms with Crippen molar-refractivity contribution in [2.45, 2.75) is 6.18 Å². The SMILES string of the molecule is CNc1ncnc2c1ncn2-c1ccc(NC(=O)Nc2ccc(C=NOCCO)c(C(F)(F)F)c2)cc1. The number of rotatable bonds is 8. The smallest absolute Gasteiger partial charge is 0.393 e. The van der Waals surface area contributed by atoms with Gasteiger partial charge in [-0.25, -0.2) is 19.7 Å². The van der Waals surface area contributed by atoms with E-state index in [9.17, 15) is 18.0 Å². The lowest BCUT2D eigenvalue weighted by Gasteiger charge is -2.13. The molecule has 2 amide bonds. The Morgan fingerprint density at radius 3 is 2.54 bits per heavy atom. The lowest BCUT2D eigenvalue weighted by molar-refractivity contribution is -0.137. The summed E-state index contributed by atoms with van der Waals surface area (Å²) in [6.07, 6.45) is -0.792. The second kappa shape index (κ2) is 10.9. The van der Waals surface area contributed by atoms with Crippen molar-refractivity contribution in [1.82, 2.24) is 19.5 Å². The molecule has 0 atom stereocenters. The van der Waals surface area contributed by atoms with Gasteiger partial charge in [0.15, 0.2) is 17.0 Å². The van der Waals surface area contributed by atoms with E-state index in [4.69, 9.17) is 5.11 Å². The molecule has 0 saturated heterocycles. The predicted molar refractivity (Wildman–Crippen MR) is 131 cm³/mol. The van der Waals surface area contributed by atoms with Crippen LogP contribution in [0.5, 0.6) is 0 Å². The highest BCUT2D eigenvalue weighted by Crippen LogP contribution is 2.33. The van der Waals surface area contributed by atoms with E-state index in [2.05, 4.69) is 40.9 Å². The Hall–Kier alpha value is -4.72. The average molecular weight is 514 g/mol. The molecule has 4 N–H and O–H groups in total. The highest BCUT2D eigenvalue weighted by atomic mass is 19.4. The molecule has 0 aliphatic heterocycles. The minimum Gasteiger partial charge on any atom is -0.393 e. The van der Waals surface area contributed by atoms with Crippen LogP contribution in [0.2, 0.25) is 0 Å². The van der Waals surface area contributed by atoms with Gasteiger partial charge < -0.3 is 25.9 Å². The number of halogens is 3. The molecule has 0 aliphatic rings. The first-order chi connectivity index (χ1) is 17.8. The molecule has 2 heterocycles. The zero-order valence-corrected chi connectivity index (χ0v) is 19.3. The molecule has 0 saturated carbocycles. The topological polar surface area (TPSA) is 139 Å². The molecule has 0 aliphatic carbocycles. The second-order valence-corrected chi connectivity index (χ2v) is 7.48. The number of alkyl halides is 3. The lowest BCUT2D eigenvalue weighted by atomic mass is 10.1. The normalized spacial score (nSPS) is 11.6. The highest BCUT2D eigenvalue weighted by Gasteiger charge is 2.33. The number of hydrogen-bond donors (Lipinski definition) is 4. The number of fused-ring (bicyclic) bond motifs is 1. The van der Waals surface area contributed by atoms with Crippen molar-refractivity contribution in [3.05, 3.63) is 66.2 Å². The fourth-order valence-corrected chi connectivity index (χ4v) is 3.39. The lowest BCUT2D eigenvalue weighted by Crippen LogP contribution is -2.20. The Morgan fingerprint density at radius 2 is 1.84 bits per heavy atom. The molecule has 37 heavy (non-hydrogen) atoms. The van der Waals surface area contributed by atoms with Crippen molar-refractivity contribution in [2.75, 3.05) is 36.2 Å². The van der Waals surface area contributed by atoms with Crippen LogP contribution in [0.25, 0.3) is 16.9 Å². The number of nitrogens with one attached hydrogen (secondary N) is 3. The number of anilines is 3. The molecule has 14 heteroatoms. The average Bonchev–Trinajstić information content (AvgIpc) is 3.31. The van der Waals surface area contributed by atoms with Gasteiger partial charge in [-0.2, -0.15) is 13.2 Å². The molecule has 2 aromatic heterocycles. The van der Waals surface area contributed by atoms with Crippen molar-refractivity contribution in [2.24, 2.45) is 5.16 Å². The molecule has 11 nitrogen and oxygen atoms in total. The summed E-state index contributed by atoms with van der Waals surface area (Å²) in [5.41, 5.74) is 0.988. The van der Waals surface area contributed by atoms with Crippen LogP contribution in [0.15, 0.2) is 60.3 Å². The zero-order chi connectivity index (χ0) is 26.4. The first-order valence-electron chi connectivity index (χ1n) is 10.8. The van der Waals surface area contributed by atoms with Crippen LogP contribution in [0.1, 0.15) is 11.1 Å². The molecule has 4 aromatic rings. The second-order valence-electron chi connectivity index (χ2n) is 7.48. The summed E-state index contributed by atoms with van der Waals surface area (Å²) in [5.74, 6) is 0.586. The number of oxime groups is 1. The Morgan fingerprint density at radius 1 is 1.11 bits per heavy atom. The van der Waals surface area contributed by atoms with Crippen molar-refractivity contribution in [3.63, 3.8) is 0 Å². The number of urea groups is 1. The maximum absolute atomic E-state index is 13.5. The molecular formula is C23H21F3N8O3. The number of nitrogens with zero attached hydrogens (tertiary/aromatic N) is 5. The molecular weight excluding hydrogens is 493 g/mol. The third-order valence-corrected chi connectivity index (χ3v) is 5.04. The number of imidazole rings is 1. The first kappa shape index (κ1) is 25.4. The van der Waals surface area contributed by atoms with E-state index in [0.717, 1.165) is 24.0 Å². The number of carbonyl (C=O) groups is 1. The van der Waals surface area contributed by atoms with Gasteiger partial charge in [-0.1, -0.05) is 11.2 Å². The van der Waals surface area contributed by atoms with E-state index in [1.165, 1.54) is 12.4 Å². The van der Waals surface area contributed by atoms with E-state index >= 15 is 0 Å². The van der Waals surface area contributed by atoms with Gasteiger partial charge in [0.25, 0.3) is 0 Å². The van der Waals surface area contributed by atoms with E-state index in [1.807, 2.05) is 0 Å². The monoisotopic (exact) mass is 514 g/mol. The van der Waals surface area contributed by atoms with Crippen molar-refractivity contribution < 1.29 is 27.9 Å². The van der Waals surface area contributed by atoms with Gasteiger partial charge in [-0.3, -0.25) is 4.57 Å². The Bertz CT molecular complexity index is 1420. The van der Waals surface area contributed by atoms with Gasteiger partial charge in [0, 0.05) is 29.7 Å². The van der Waals surface area contributed by atoms with Gasteiger partial charge in [-0.05, 0) is 36.4 Å². The first-order valence-corrected chi connectivity index (χ1v) is 10.8. The molecule has 192 valence electrons. The largest absolute Gasteiger partial charge is 0.417 e. The molecule has 0 spiro atoms. The van der Waals surface area contributed by atoms with Crippen LogP contribution >= 0.6 is 0 Å². The van der Waals surface area contributed by atoms with Crippen LogP contribution in [-0.2, 0) is 11.0 Å². The fourth-order valence-electron chi connectivity index (χ4n) is 3.39. The number of aromatic nitrogens is 4. The predicted octanol–water partition coefficient (Wildman–Crippen LogP) is 3.86. The number of benzene rings is 2. The molecule has 0 unspecified atom stereocenters. The maximum atomic E-state index is 13.5. The zero-order valence-electron chi connectivity index (χ0n) is 19.3. The summed E-state index contributed by atoms with van der Waals surface area (Å²) in [5, 5.41) is 20.0. The molecule has 2 aromatic carbocycles. The van der Waals surface area contributed by atoms with E-state index in [0.29, 0.717) is 22.7 Å². The van der Waals surface area contributed by atoms with Crippen molar-refractivity contribution >= 4 is 40.6 Å². The van der Waals surface area contributed by atoms with Crippen LogP contribution in [0.3, 0.4) is 0 Å². The van der Waals surface area contributed by atoms with E-state index in [1.54, 1.807) is 42.2 Å². The summed E-state index contributed by atoms with van der Waals surface area (Å²) in [7, 11) is 1.73. The summed E-state index contributed by atoms with van der Waals surface area (Å²) in [4.78, 5) is 29.8. The molecule has 0 bridgehead atoms. The molecule has 0 fully saturated rings. The van der Waals surface area contributed by atoms with Crippen molar-refractivity contribution in [3.8, 4) is 5.69 Å². The number of amides is 2. The van der Waals surface area contributed by atoms with Crippen molar-refractivity contribution in [1.29, 1.82) is 0 Å². The van der Waals surface area contributed by atoms with E-state index < -0.39 is 17.8 Å². The number of aliphatic hydroxyl groups excluding tert-OH is 1. The minimum atomic E-state index is -4.70. The summed E-state index contributed by atoms with van der Waals surface area (Å²) < 4.78 is 42.2. The quantitative estimate of drug-likeness (QED) is 0.159. The van der Waals surface area contributed by atoms with Gasteiger partial charge in [0.05, 0.1) is 18.4 Å². The van der Waals surface area contributed by atoms with Gasteiger partial charge >= 0.3 is 12.2 Å². The van der Waals surface area contributed by atoms with Crippen LogP contribution in [0, 0.1) is 0 Å². The van der Waals surface area contributed by atoms with E-state index in [-0.39, 0.29) is 24.5 Å². The summed E-state index contributed by atoms with van der Waals surface area (Å²) >= 11 is 0. The number of carbonyl (C=O) groups excluding carboxylic acids is 1. The number of hydrogen-bond acceptors (Lipinski definition) is 8. The maximum Gasteiger partial charge on any atom is 0.417 e. The Balaban J connectivity index is 1.46. The summed E-state index contributed by atoms with van der Waals surface area (Å²) in [6.45, 7) is -0.472.